The highest BCUT2D eigenvalue weighted by Crippen LogP contribution is 2.45. The van der Waals surface area contributed by atoms with Crippen LogP contribution in [0.2, 0.25) is 0 Å². The summed E-state index contributed by atoms with van der Waals surface area (Å²) in [5.74, 6) is 3.51. The number of nitrogens with one attached hydrogen (secondary N) is 3. The van der Waals surface area contributed by atoms with Gasteiger partial charge in [-0.25, -0.2) is 0 Å². The van der Waals surface area contributed by atoms with Gasteiger partial charge in [-0.1, -0.05) is 38.8 Å². The summed E-state index contributed by atoms with van der Waals surface area (Å²) >= 11 is 9.28. The first-order chi connectivity index (χ1) is 12.5. The number of carbonyl (C=O) groups excluding carboxylic acids is 1. The molecule has 1 saturated heterocycles. The Hall–Kier alpha value is -0.920. The molecule has 1 aromatic rings. The molecule has 1 aromatic carbocycles. The molecule has 1 heterocycles. The SMILES string of the molecule is C[C@H]1[C@@H](NC(=S)NNC(=O)c2ccc(C3SCCS3)cc2)CCC[C@@H]1C. The van der Waals surface area contributed by atoms with Gasteiger partial charge in [-0.15, -0.1) is 23.5 Å². The highest BCUT2D eigenvalue weighted by molar-refractivity contribution is 8.19. The Labute approximate surface area is 170 Å². The van der Waals surface area contributed by atoms with Crippen molar-refractivity contribution in [2.45, 2.75) is 43.7 Å². The fraction of sp³-hybridized carbons (Fsp3) is 0.579. The summed E-state index contributed by atoms with van der Waals surface area (Å²) in [6.07, 6.45) is 3.63. The first-order valence-corrected chi connectivity index (χ1v) is 11.7. The third-order valence-corrected chi connectivity index (χ3v) is 8.70. The summed E-state index contributed by atoms with van der Waals surface area (Å²) in [5, 5.41) is 3.84. The van der Waals surface area contributed by atoms with E-state index in [2.05, 4.69) is 30.0 Å². The Balaban J connectivity index is 1.46. The maximum Gasteiger partial charge on any atom is 0.269 e. The number of benzene rings is 1. The molecule has 1 saturated carbocycles. The van der Waals surface area contributed by atoms with Crippen molar-refractivity contribution in [1.82, 2.24) is 16.2 Å². The molecule has 0 radical (unpaired) electrons. The van der Waals surface area contributed by atoms with E-state index in [9.17, 15) is 4.79 Å². The van der Waals surface area contributed by atoms with Crippen molar-refractivity contribution in [3.8, 4) is 0 Å². The zero-order chi connectivity index (χ0) is 18.5. The number of carbonyl (C=O) groups is 1. The molecule has 7 heteroatoms. The molecule has 0 unspecified atom stereocenters. The largest absolute Gasteiger partial charge is 0.358 e. The summed E-state index contributed by atoms with van der Waals surface area (Å²) in [6, 6.07) is 8.23. The van der Waals surface area contributed by atoms with Gasteiger partial charge in [0.2, 0.25) is 0 Å². The molecule has 1 amide bonds. The maximum absolute atomic E-state index is 12.3. The van der Waals surface area contributed by atoms with Crippen molar-refractivity contribution in [2.24, 2.45) is 11.8 Å². The summed E-state index contributed by atoms with van der Waals surface area (Å²) < 4.78 is 0.502. The maximum atomic E-state index is 12.3. The van der Waals surface area contributed by atoms with Gasteiger partial charge in [0.05, 0.1) is 4.58 Å². The number of amides is 1. The molecule has 3 rings (SSSR count). The second-order valence-electron chi connectivity index (χ2n) is 7.12. The van der Waals surface area contributed by atoms with Gasteiger partial charge in [-0.05, 0) is 48.2 Å². The molecular weight excluding hydrogens is 382 g/mol. The van der Waals surface area contributed by atoms with Crippen LogP contribution in [-0.2, 0) is 0 Å². The van der Waals surface area contributed by atoms with Gasteiger partial charge >= 0.3 is 0 Å². The van der Waals surface area contributed by atoms with Crippen molar-refractivity contribution in [1.29, 1.82) is 0 Å². The number of rotatable bonds is 3. The summed E-state index contributed by atoms with van der Waals surface area (Å²) in [6.45, 7) is 4.56. The van der Waals surface area contributed by atoms with Gasteiger partial charge in [-0.3, -0.25) is 15.6 Å². The zero-order valence-corrected chi connectivity index (χ0v) is 17.7. The van der Waals surface area contributed by atoms with E-state index in [0.29, 0.717) is 33.1 Å². The van der Waals surface area contributed by atoms with Crippen LogP contribution in [0.15, 0.2) is 24.3 Å². The highest BCUT2D eigenvalue weighted by atomic mass is 32.2. The van der Waals surface area contributed by atoms with Crippen molar-refractivity contribution in [3.05, 3.63) is 35.4 Å². The van der Waals surface area contributed by atoms with E-state index in [0.717, 1.165) is 6.42 Å². The number of hydrazine groups is 1. The Kier molecular flexibility index (Phi) is 7.12. The van der Waals surface area contributed by atoms with E-state index >= 15 is 0 Å². The Morgan fingerprint density at radius 3 is 2.46 bits per heavy atom. The molecule has 2 aliphatic rings. The fourth-order valence-electron chi connectivity index (χ4n) is 3.52. The molecule has 3 N–H and O–H groups in total. The Morgan fingerprint density at radius 1 is 1.08 bits per heavy atom. The van der Waals surface area contributed by atoms with E-state index in [-0.39, 0.29) is 5.91 Å². The predicted molar refractivity (Wildman–Crippen MR) is 116 cm³/mol. The Morgan fingerprint density at radius 2 is 1.77 bits per heavy atom. The lowest BCUT2D eigenvalue weighted by Gasteiger charge is -2.35. The minimum atomic E-state index is -0.169. The fourth-order valence-corrected chi connectivity index (χ4v) is 6.58. The third kappa shape index (κ3) is 5.08. The molecule has 4 nitrogen and oxygen atoms in total. The molecule has 26 heavy (non-hydrogen) atoms. The zero-order valence-electron chi connectivity index (χ0n) is 15.3. The molecule has 1 aliphatic heterocycles. The van der Waals surface area contributed by atoms with Crippen LogP contribution in [0.25, 0.3) is 0 Å². The normalized spacial score (nSPS) is 26.3. The van der Waals surface area contributed by atoms with Crippen molar-refractivity contribution in [3.63, 3.8) is 0 Å². The minimum absolute atomic E-state index is 0.169. The van der Waals surface area contributed by atoms with E-state index in [1.165, 1.54) is 29.9 Å². The smallest absolute Gasteiger partial charge is 0.269 e. The van der Waals surface area contributed by atoms with Gasteiger partial charge in [-0.2, -0.15) is 0 Å². The predicted octanol–water partition coefficient (Wildman–Crippen LogP) is 4.10. The van der Waals surface area contributed by atoms with Gasteiger partial charge in [0.25, 0.3) is 5.91 Å². The first-order valence-electron chi connectivity index (χ1n) is 9.24. The van der Waals surface area contributed by atoms with Crippen LogP contribution in [0.3, 0.4) is 0 Å². The molecular formula is C19H27N3OS3. The van der Waals surface area contributed by atoms with E-state index < -0.39 is 0 Å². The van der Waals surface area contributed by atoms with Gasteiger partial charge in [0, 0.05) is 23.1 Å². The lowest BCUT2D eigenvalue weighted by Crippen LogP contribution is -2.52. The van der Waals surface area contributed by atoms with Crippen LogP contribution in [0.4, 0.5) is 0 Å². The van der Waals surface area contributed by atoms with Gasteiger partial charge in [0.15, 0.2) is 5.11 Å². The number of hydrogen-bond acceptors (Lipinski definition) is 4. The molecule has 2 fully saturated rings. The topological polar surface area (TPSA) is 53.2 Å². The average Bonchev–Trinajstić information content (AvgIpc) is 3.18. The lowest BCUT2D eigenvalue weighted by atomic mass is 9.78. The van der Waals surface area contributed by atoms with Gasteiger partial charge < -0.3 is 5.32 Å². The molecule has 3 atom stereocenters. The van der Waals surface area contributed by atoms with Crippen molar-refractivity contribution >= 4 is 46.8 Å². The number of thiocarbonyl (C=S) groups is 1. The van der Waals surface area contributed by atoms with Crippen LogP contribution >= 0.6 is 35.7 Å². The van der Waals surface area contributed by atoms with Crippen molar-refractivity contribution in [2.75, 3.05) is 11.5 Å². The average molecular weight is 410 g/mol. The van der Waals surface area contributed by atoms with Gasteiger partial charge in [0.1, 0.15) is 0 Å². The number of hydrogen-bond donors (Lipinski definition) is 3. The monoisotopic (exact) mass is 409 g/mol. The quantitative estimate of drug-likeness (QED) is 0.516. The van der Waals surface area contributed by atoms with E-state index in [1.54, 1.807) is 0 Å². The summed E-state index contributed by atoms with van der Waals surface area (Å²) in [4.78, 5) is 12.3. The molecule has 1 aliphatic carbocycles. The second kappa shape index (κ2) is 9.33. The minimum Gasteiger partial charge on any atom is -0.358 e. The third-order valence-electron chi connectivity index (χ3n) is 5.38. The molecule has 0 aromatic heterocycles. The van der Waals surface area contributed by atoms with Crippen LogP contribution in [0.5, 0.6) is 0 Å². The molecule has 142 valence electrons. The standard InChI is InChI=1S/C19H27N3OS3/c1-12-4-3-5-16(13(12)2)20-19(24)22-21-17(23)14-6-8-15(9-7-14)18-25-10-11-26-18/h6-9,12-13,16,18H,3-5,10-11H2,1-2H3,(H,21,23)(H2,20,22,24)/t12-,13+,16-/m0/s1. The van der Waals surface area contributed by atoms with Crippen LogP contribution in [-0.4, -0.2) is 28.6 Å². The van der Waals surface area contributed by atoms with E-state index in [4.69, 9.17) is 12.2 Å². The number of thioether (sulfide) groups is 2. The Bertz CT molecular complexity index is 631. The van der Waals surface area contributed by atoms with Crippen molar-refractivity contribution < 1.29 is 4.79 Å². The summed E-state index contributed by atoms with van der Waals surface area (Å²) in [5.41, 5.74) is 7.46. The lowest BCUT2D eigenvalue weighted by molar-refractivity contribution is 0.0943. The van der Waals surface area contributed by atoms with Crippen LogP contribution in [0, 0.1) is 11.8 Å². The van der Waals surface area contributed by atoms with Crippen LogP contribution in [0.1, 0.15) is 53.6 Å². The molecule has 0 bridgehead atoms. The summed E-state index contributed by atoms with van der Waals surface area (Å²) in [7, 11) is 0. The molecule has 0 spiro atoms. The van der Waals surface area contributed by atoms with E-state index in [1.807, 2.05) is 47.8 Å². The van der Waals surface area contributed by atoms with Crippen LogP contribution < -0.4 is 16.2 Å². The first kappa shape index (κ1) is 19.8. The highest BCUT2D eigenvalue weighted by Gasteiger charge is 2.27. The second-order valence-corrected chi connectivity index (χ2v) is 10.3.